The van der Waals surface area contributed by atoms with Crippen molar-refractivity contribution in [1.29, 1.82) is 0 Å². The van der Waals surface area contributed by atoms with E-state index in [2.05, 4.69) is 39.7 Å². The lowest BCUT2D eigenvalue weighted by atomic mass is 9.77. The fourth-order valence-electron chi connectivity index (χ4n) is 3.48. The Morgan fingerprint density at radius 2 is 1.96 bits per heavy atom. The number of methoxy groups -OCH3 is 1. The van der Waals surface area contributed by atoms with Crippen LogP contribution < -0.4 is 10.6 Å². The molecule has 0 amide bonds. The smallest absolute Gasteiger partial charge is 0.191 e. The van der Waals surface area contributed by atoms with Gasteiger partial charge in [0.25, 0.3) is 0 Å². The van der Waals surface area contributed by atoms with Crippen molar-refractivity contribution in [2.24, 2.45) is 29.8 Å². The highest BCUT2D eigenvalue weighted by molar-refractivity contribution is 5.79. The summed E-state index contributed by atoms with van der Waals surface area (Å²) in [5.74, 6) is 5.04. The van der Waals surface area contributed by atoms with Gasteiger partial charge in [0.1, 0.15) is 12.4 Å². The van der Waals surface area contributed by atoms with Gasteiger partial charge in [0.15, 0.2) is 11.8 Å². The molecule has 0 atom stereocenters. The van der Waals surface area contributed by atoms with Crippen LogP contribution in [0.25, 0.3) is 0 Å². The number of guanidine groups is 1. The lowest BCUT2D eigenvalue weighted by Crippen LogP contribution is -2.42. The molecule has 7 heteroatoms. The minimum absolute atomic E-state index is 0.514. The SMILES string of the molecule is COCCNC(=NCc1nnc(C)n1C)NCC1CCC(C(C)C)CC1. The maximum Gasteiger partial charge on any atom is 0.191 e. The highest BCUT2D eigenvalue weighted by Crippen LogP contribution is 2.32. The molecule has 0 spiro atoms. The molecule has 0 radical (unpaired) electrons. The highest BCUT2D eigenvalue weighted by Gasteiger charge is 2.23. The summed E-state index contributed by atoms with van der Waals surface area (Å²) >= 11 is 0. The number of aromatic nitrogens is 3. The van der Waals surface area contributed by atoms with Crippen molar-refractivity contribution in [1.82, 2.24) is 25.4 Å². The van der Waals surface area contributed by atoms with Gasteiger partial charge < -0.3 is 19.9 Å². The van der Waals surface area contributed by atoms with E-state index in [1.165, 1.54) is 25.7 Å². The van der Waals surface area contributed by atoms with Gasteiger partial charge in [-0.25, -0.2) is 4.99 Å². The number of rotatable bonds is 8. The number of hydrogen-bond acceptors (Lipinski definition) is 4. The molecule has 1 saturated carbocycles. The van der Waals surface area contributed by atoms with E-state index in [0.717, 1.165) is 48.5 Å². The van der Waals surface area contributed by atoms with Crippen LogP contribution in [0.4, 0.5) is 0 Å². The third kappa shape index (κ3) is 6.27. The fraction of sp³-hybridized carbons (Fsp3) is 0.842. The molecule has 0 bridgehead atoms. The summed E-state index contributed by atoms with van der Waals surface area (Å²) in [6, 6.07) is 0. The van der Waals surface area contributed by atoms with Crippen LogP contribution in [0.15, 0.2) is 4.99 Å². The maximum atomic E-state index is 5.13. The van der Waals surface area contributed by atoms with Crippen LogP contribution in [-0.4, -0.2) is 47.5 Å². The van der Waals surface area contributed by atoms with Gasteiger partial charge in [-0.3, -0.25) is 0 Å². The minimum atomic E-state index is 0.514. The zero-order valence-electron chi connectivity index (χ0n) is 17.1. The number of nitrogens with one attached hydrogen (secondary N) is 2. The van der Waals surface area contributed by atoms with Crippen molar-refractivity contribution >= 4 is 5.96 Å². The Bertz CT molecular complexity index is 560. The van der Waals surface area contributed by atoms with Gasteiger partial charge in [-0.05, 0) is 50.4 Å². The van der Waals surface area contributed by atoms with E-state index in [4.69, 9.17) is 4.74 Å². The van der Waals surface area contributed by atoms with Crippen molar-refractivity contribution in [3.8, 4) is 0 Å². The molecule has 0 unspecified atom stereocenters. The average Bonchev–Trinajstić information content (AvgIpc) is 2.96. The van der Waals surface area contributed by atoms with E-state index in [0.29, 0.717) is 13.2 Å². The molecule has 1 aromatic heterocycles. The van der Waals surface area contributed by atoms with Crippen molar-refractivity contribution in [3.05, 3.63) is 11.6 Å². The van der Waals surface area contributed by atoms with Crippen LogP contribution in [0, 0.1) is 24.7 Å². The molecule has 1 aliphatic rings. The van der Waals surface area contributed by atoms with E-state index in [9.17, 15) is 0 Å². The second-order valence-corrected chi connectivity index (χ2v) is 7.71. The summed E-state index contributed by atoms with van der Waals surface area (Å²) in [6.07, 6.45) is 5.32. The summed E-state index contributed by atoms with van der Waals surface area (Å²) in [5, 5.41) is 15.1. The Balaban J connectivity index is 1.86. The van der Waals surface area contributed by atoms with Crippen LogP contribution in [0.2, 0.25) is 0 Å². The minimum Gasteiger partial charge on any atom is -0.383 e. The summed E-state index contributed by atoms with van der Waals surface area (Å²) in [5.41, 5.74) is 0. The Morgan fingerprint density at radius 1 is 1.23 bits per heavy atom. The highest BCUT2D eigenvalue weighted by atomic mass is 16.5. The number of aryl methyl sites for hydroxylation is 1. The van der Waals surface area contributed by atoms with E-state index in [1.54, 1.807) is 7.11 Å². The first-order valence-corrected chi connectivity index (χ1v) is 9.87. The van der Waals surface area contributed by atoms with E-state index in [-0.39, 0.29) is 0 Å². The molecule has 2 rings (SSSR count). The first kappa shape index (κ1) is 20.7. The van der Waals surface area contributed by atoms with E-state index in [1.807, 2.05) is 18.5 Å². The van der Waals surface area contributed by atoms with E-state index < -0.39 is 0 Å². The topological polar surface area (TPSA) is 76.4 Å². The first-order chi connectivity index (χ1) is 12.5. The average molecular weight is 365 g/mol. The van der Waals surface area contributed by atoms with Crippen molar-refractivity contribution in [2.75, 3.05) is 26.8 Å². The summed E-state index contributed by atoms with van der Waals surface area (Å²) in [4.78, 5) is 4.68. The van der Waals surface area contributed by atoms with Gasteiger partial charge in [0.2, 0.25) is 0 Å². The molecule has 0 saturated heterocycles. The van der Waals surface area contributed by atoms with Gasteiger partial charge in [0.05, 0.1) is 6.61 Å². The van der Waals surface area contributed by atoms with Gasteiger partial charge in [-0.2, -0.15) is 0 Å². The van der Waals surface area contributed by atoms with Crippen LogP contribution >= 0.6 is 0 Å². The Hall–Kier alpha value is -1.63. The molecule has 26 heavy (non-hydrogen) atoms. The van der Waals surface area contributed by atoms with Crippen LogP contribution in [0.5, 0.6) is 0 Å². The van der Waals surface area contributed by atoms with Gasteiger partial charge in [-0.15, -0.1) is 10.2 Å². The number of nitrogens with zero attached hydrogens (tertiary/aromatic N) is 4. The monoisotopic (exact) mass is 364 g/mol. The molecule has 1 aromatic rings. The standard InChI is InChI=1S/C19H36N6O/c1-14(2)17-8-6-16(7-9-17)12-21-19(20-10-11-26-5)22-13-18-24-23-15(3)25(18)4/h14,16-17H,6-13H2,1-5H3,(H2,20,21,22). The van der Waals surface area contributed by atoms with Gasteiger partial charge >= 0.3 is 0 Å². The number of hydrogen-bond donors (Lipinski definition) is 2. The largest absolute Gasteiger partial charge is 0.383 e. The predicted molar refractivity (Wildman–Crippen MR) is 105 cm³/mol. The van der Waals surface area contributed by atoms with Crippen LogP contribution in [-0.2, 0) is 18.3 Å². The zero-order valence-corrected chi connectivity index (χ0v) is 17.1. The summed E-state index contributed by atoms with van der Waals surface area (Å²) in [6.45, 7) is 9.53. The van der Waals surface area contributed by atoms with Crippen LogP contribution in [0.3, 0.4) is 0 Å². The molecule has 0 aromatic carbocycles. The molecular formula is C19H36N6O. The zero-order chi connectivity index (χ0) is 18.9. The van der Waals surface area contributed by atoms with Crippen LogP contribution in [0.1, 0.15) is 51.2 Å². The summed E-state index contributed by atoms with van der Waals surface area (Å²) in [7, 11) is 3.68. The third-order valence-electron chi connectivity index (χ3n) is 5.55. The molecular weight excluding hydrogens is 328 g/mol. The Kier molecular flexibility index (Phi) is 8.35. The normalized spacial score (nSPS) is 21.2. The first-order valence-electron chi connectivity index (χ1n) is 9.87. The lowest BCUT2D eigenvalue weighted by Gasteiger charge is -2.31. The molecule has 148 valence electrons. The quantitative estimate of drug-likeness (QED) is 0.420. The van der Waals surface area contributed by atoms with Crippen molar-refractivity contribution < 1.29 is 4.74 Å². The fourth-order valence-corrected chi connectivity index (χ4v) is 3.48. The molecule has 2 N–H and O–H groups in total. The number of aliphatic imine (C=N–C) groups is 1. The molecule has 0 aliphatic heterocycles. The lowest BCUT2D eigenvalue weighted by molar-refractivity contribution is 0.203. The molecule has 1 heterocycles. The van der Waals surface area contributed by atoms with Crippen molar-refractivity contribution in [2.45, 2.75) is 53.0 Å². The molecule has 7 nitrogen and oxygen atoms in total. The third-order valence-corrected chi connectivity index (χ3v) is 5.55. The van der Waals surface area contributed by atoms with E-state index >= 15 is 0 Å². The maximum absolute atomic E-state index is 5.13. The second kappa shape index (κ2) is 10.5. The van der Waals surface area contributed by atoms with Gasteiger partial charge in [0, 0.05) is 27.2 Å². The predicted octanol–water partition coefficient (Wildman–Crippen LogP) is 2.27. The second-order valence-electron chi connectivity index (χ2n) is 7.71. The Morgan fingerprint density at radius 3 is 2.54 bits per heavy atom. The molecule has 1 fully saturated rings. The molecule has 1 aliphatic carbocycles. The Labute approximate surface area is 158 Å². The number of ether oxygens (including phenoxy) is 1. The summed E-state index contributed by atoms with van der Waals surface area (Å²) < 4.78 is 7.11. The van der Waals surface area contributed by atoms with Gasteiger partial charge in [-0.1, -0.05) is 13.8 Å². The van der Waals surface area contributed by atoms with Crippen molar-refractivity contribution in [3.63, 3.8) is 0 Å².